The topological polar surface area (TPSA) is 0 Å². The number of fused-ring (bicyclic) bond motifs is 9. The van der Waals surface area contributed by atoms with E-state index < -0.39 is 73.7 Å². The van der Waals surface area contributed by atoms with Crippen LogP contribution >= 0.6 is 0 Å². The first-order chi connectivity index (χ1) is 19.3. The summed E-state index contributed by atoms with van der Waals surface area (Å²) in [6, 6.07) is 56.1. The third-order valence-electron chi connectivity index (χ3n) is 8.12. The molecule has 0 spiro atoms. The van der Waals surface area contributed by atoms with E-state index in [1.165, 1.54) is 33.4 Å². The molecule has 0 saturated heterocycles. The fraction of sp³-hybridized carbons (Fsp3) is 0. The van der Waals surface area contributed by atoms with Gasteiger partial charge in [-0.3, -0.25) is 0 Å². The van der Waals surface area contributed by atoms with Crippen LogP contribution < -0.4 is 18.4 Å². The van der Waals surface area contributed by atoms with Gasteiger partial charge < -0.3 is 0 Å². The molecular weight excluding hydrogens is 1030 g/mol. The standard InChI is InChI=1S/3C12H8.3Hg/c3*1-3-7-11(8-4-1)12-9-5-2-6-10-12;;;/h3*1-7,9H;;;. The first-order valence-corrected chi connectivity index (χ1v) is 30.3. The zero-order valence-electron chi connectivity index (χ0n) is 22.0. The fourth-order valence-electron chi connectivity index (χ4n) is 6.24. The normalized spacial score (nSPS) is 11.1. The van der Waals surface area contributed by atoms with Gasteiger partial charge in [-0.15, -0.1) is 0 Å². The van der Waals surface area contributed by atoms with Gasteiger partial charge in [-0.05, 0) is 0 Å². The minimum atomic E-state index is -1.67. The summed E-state index contributed by atoms with van der Waals surface area (Å²) < 4.78 is 9.83. The molecule has 0 aromatic heterocycles. The van der Waals surface area contributed by atoms with Crippen LogP contribution in [0.1, 0.15) is 0 Å². The summed E-state index contributed by atoms with van der Waals surface area (Å²) in [5.41, 5.74) is 8.95. The molecule has 0 saturated carbocycles. The van der Waals surface area contributed by atoms with E-state index >= 15 is 0 Å². The monoisotopic (exact) mass is 1060 g/mol. The predicted octanol–water partition coefficient (Wildman–Crippen LogP) is 5.10. The first kappa shape index (κ1) is 26.1. The summed E-state index contributed by atoms with van der Waals surface area (Å²) in [6.07, 6.45) is 0. The van der Waals surface area contributed by atoms with Crippen LogP contribution in [0.15, 0.2) is 146 Å². The molecule has 1 aliphatic heterocycles. The molecule has 0 radical (unpaired) electrons. The number of hydrogen-bond donors (Lipinski definition) is 0. The molecule has 7 rings (SSSR count). The zero-order valence-corrected chi connectivity index (χ0v) is 38.5. The Hall–Kier alpha value is -1.87. The van der Waals surface area contributed by atoms with Crippen LogP contribution in [-0.2, 0) is 73.7 Å². The van der Waals surface area contributed by atoms with Gasteiger partial charge in [0.25, 0.3) is 0 Å². The van der Waals surface area contributed by atoms with Crippen molar-refractivity contribution >= 4 is 18.4 Å². The second kappa shape index (κ2) is 11.9. The fourth-order valence-corrected chi connectivity index (χ4v) is 28.6. The van der Waals surface area contributed by atoms with Crippen LogP contribution in [0.2, 0.25) is 0 Å². The van der Waals surface area contributed by atoms with Crippen LogP contribution in [-0.4, -0.2) is 0 Å². The summed E-state index contributed by atoms with van der Waals surface area (Å²) >= 11 is -5.02. The Bertz CT molecular complexity index is 1460. The predicted molar refractivity (Wildman–Crippen MR) is 153 cm³/mol. The van der Waals surface area contributed by atoms with Crippen molar-refractivity contribution in [1.82, 2.24) is 0 Å². The molecule has 0 N–H and O–H groups in total. The maximum atomic E-state index is 2.44. The van der Waals surface area contributed by atoms with Gasteiger partial charge in [-0.1, -0.05) is 0 Å². The van der Waals surface area contributed by atoms with Crippen molar-refractivity contribution in [3.8, 4) is 33.4 Å². The van der Waals surface area contributed by atoms with E-state index in [0.717, 1.165) is 0 Å². The van der Waals surface area contributed by atoms with Crippen molar-refractivity contribution in [2.24, 2.45) is 0 Å². The van der Waals surface area contributed by atoms with Gasteiger partial charge in [0.1, 0.15) is 0 Å². The summed E-state index contributed by atoms with van der Waals surface area (Å²) in [6.45, 7) is 0. The Morgan fingerprint density at radius 2 is 0.359 bits per heavy atom. The van der Waals surface area contributed by atoms with E-state index in [2.05, 4.69) is 146 Å². The second-order valence-corrected chi connectivity index (χ2v) is 32.4. The third-order valence-corrected chi connectivity index (χ3v) is 31.4. The Morgan fingerprint density at radius 3 is 0.538 bits per heavy atom. The van der Waals surface area contributed by atoms with Crippen molar-refractivity contribution in [1.29, 1.82) is 0 Å². The van der Waals surface area contributed by atoms with Gasteiger partial charge in [-0.25, -0.2) is 0 Å². The number of rotatable bonds is 0. The van der Waals surface area contributed by atoms with Crippen LogP contribution in [0.4, 0.5) is 0 Å². The quantitative estimate of drug-likeness (QED) is 0.186. The van der Waals surface area contributed by atoms with Gasteiger partial charge in [0.2, 0.25) is 0 Å². The SMILES string of the molecule is c1ccc2[c](c1)[Hg][c]1ccccc1-c1cccc[c]1[Hg][c]1ccccc1-c1cccc[c]1[Hg][c]1ccccc1-2. The molecule has 3 heteroatoms. The van der Waals surface area contributed by atoms with Gasteiger partial charge >= 0.3 is 271 Å². The molecule has 0 fully saturated rings. The van der Waals surface area contributed by atoms with Gasteiger partial charge in [0.15, 0.2) is 0 Å². The first-order valence-electron chi connectivity index (χ1n) is 13.8. The van der Waals surface area contributed by atoms with E-state index in [9.17, 15) is 0 Å². The average molecular weight is 1060 g/mol. The average Bonchev–Trinajstić information content (AvgIpc) is 2.99. The molecule has 6 aromatic carbocycles. The molecule has 0 unspecified atom stereocenters. The van der Waals surface area contributed by atoms with Gasteiger partial charge in [0, 0.05) is 0 Å². The van der Waals surface area contributed by atoms with Crippen molar-refractivity contribution in [2.75, 3.05) is 0 Å². The summed E-state index contributed by atoms with van der Waals surface area (Å²) in [4.78, 5) is 0. The molecule has 39 heavy (non-hydrogen) atoms. The Balaban J connectivity index is 1.53. The number of benzene rings is 6. The summed E-state index contributed by atoms with van der Waals surface area (Å²) in [7, 11) is 0. The van der Waals surface area contributed by atoms with Crippen LogP contribution in [0.3, 0.4) is 0 Å². The van der Waals surface area contributed by atoms with Crippen molar-refractivity contribution in [2.45, 2.75) is 0 Å². The van der Waals surface area contributed by atoms with Crippen LogP contribution in [0.25, 0.3) is 33.4 Å². The summed E-state index contributed by atoms with van der Waals surface area (Å²) in [5.74, 6) is 0. The summed E-state index contributed by atoms with van der Waals surface area (Å²) in [5, 5.41) is 0. The van der Waals surface area contributed by atoms with E-state index in [-0.39, 0.29) is 0 Å². The molecule has 0 amide bonds. The van der Waals surface area contributed by atoms with Gasteiger partial charge in [-0.2, -0.15) is 0 Å². The molecule has 174 valence electrons. The number of hydrogen-bond acceptors (Lipinski definition) is 0. The van der Waals surface area contributed by atoms with Crippen molar-refractivity contribution in [3.05, 3.63) is 146 Å². The molecule has 1 aliphatic rings. The second-order valence-electron chi connectivity index (χ2n) is 10.5. The molecule has 0 bridgehead atoms. The molecule has 6 aromatic rings. The Morgan fingerprint density at radius 1 is 0.205 bits per heavy atom. The van der Waals surface area contributed by atoms with E-state index in [1.54, 1.807) is 18.4 Å². The molecule has 0 aliphatic carbocycles. The Kier molecular flexibility index (Phi) is 7.97. The minimum absolute atomic E-state index is 1.49. The third kappa shape index (κ3) is 5.42. The Labute approximate surface area is 267 Å². The van der Waals surface area contributed by atoms with Crippen LogP contribution in [0, 0.1) is 0 Å². The molecular formula is C36H24Hg3. The molecule has 0 atom stereocenters. The van der Waals surface area contributed by atoms with E-state index in [1.807, 2.05) is 0 Å². The maximum absolute atomic E-state index is 2.44. The van der Waals surface area contributed by atoms with Crippen LogP contribution in [0.5, 0.6) is 0 Å². The zero-order chi connectivity index (χ0) is 26.0. The molecule has 1 heterocycles. The van der Waals surface area contributed by atoms with Gasteiger partial charge in [0.05, 0.1) is 0 Å². The van der Waals surface area contributed by atoms with E-state index in [0.29, 0.717) is 0 Å². The van der Waals surface area contributed by atoms with Crippen molar-refractivity contribution in [3.63, 3.8) is 0 Å². The van der Waals surface area contributed by atoms with E-state index in [4.69, 9.17) is 0 Å². The molecule has 0 nitrogen and oxygen atoms in total. The van der Waals surface area contributed by atoms with Crippen molar-refractivity contribution < 1.29 is 73.7 Å².